The number of hydrogen-bond donors (Lipinski definition) is 1. The van der Waals surface area contributed by atoms with Crippen LogP contribution in [0.4, 0.5) is 0 Å². The molecule has 0 bridgehead atoms. The molecule has 0 saturated heterocycles. The van der Waals surface area contributed by atoms with Gasteiger partial charge in [-0.05, 0) is 5.56 Å². The van der Waals surface area contributed by atoms with Gasteiger partial charge in [0.25, 0.3) is 0 Å². The second-order valence-electron chi connectivity index (χ2n) is 3.51. The Balaban J connectivity index is 2.44. The van der Waals surface area contributed by atoms with Gasteiger partial charge in [-0.25, -0.2) is 9.59 Å². The Hall–Kier alpha value is -2.56. The summed E-state index contributed by atoms with van der Waals surface area (Å²) < 4.78 is 9.21. The van der Waals surface area contributed by atoms with Gasteiger partial charge in [0, 0.05) is 0 Å². The van der Waals surface area contributed by atoms with Crippen LogP contribution in [0.1, 0.15) is 5.56 Å². The highest BCUT2D eigenvalue weighted by molar-refractivity contribution is 6.20. The molecule has 1 aliphatic heterocycles. The molecule has 0 spiro atoms. The molecular weight excluding hydrogens is 236 g/mol. The van der Waals surface area contributed by atoms with Crippen LogP contribution < -0.4 is 0 Å². The minimum Gasteiger partial charge on any atom is -0.504 e. The van der Waals surface area contributed by atoms with Crippen molar-refractivity contribution >= 4 is 17.5 Å². The Morgan fingerprint density at radius 2 is 2.00 bits per heavy atom. The second-order valence-corrected chi connectivity index (χ2v) is 3.51. The highest BCUT2D eigenvalue weighted by Crippen LogP contribution is 2.31. The Kier molecular flexibility index (Phi) is 3.14. The first-order chi connectivity index (χ1) is 8.63. The lowest BCUT2D eigenvalue weighted by molar-refractivity contribution is -0.135. The quantitative estimate of drug-likeness (QED) is 0.633. The fourth-order valence-corrected chi connectivity index (χ4v) is 1.54. The number of esters is 2. The molecule has 0 atom stereocenters. The monoisotopic (exact) mass is 246 g/mol. The molecule has 1 N–H and O–H groups in total. The Morgan fingerprint density at radius 1 is 1.33 bits per heavy atom. The van der Waals surface area contributed by atoms with Crippen molar-refractivity contribution in [2.24, 2.45) is 0 Å². The second kappa shape index (κ2) is 4.75. The van der Waals surface area contributed by atoms with Gasteiger partial charge in [-0.3, -0.25) is 0 Å². The molecule has 1 aromatic carbocycles. The van der Waals surface area contributed by atoms with Gasteiger partial charge in [0.05, 0.1) is 13.2 Å². The van der Waals surface area contributed by atoms with Gasteiger partial charge in [-0.2, -0.15) is 0 Å². The number of benzene rings is 1. The predicted molar refractivity (Wildman–Crippen MR) is 62.2 cm³/mol. The van der Waals surface area contributed by atoms with Gasteiger partial charge in [-0.15, -0.1) is 0 Å². The summed E-state index contributed by atoms with van der Waals surface area (Å²) in [6, 6.07) is 8.56. The minimum absolute atomic E-state index is 0.0331. The summed E-state index contributed by atoms with van der Waals surface area (Å²) in [6.07, 6.45) is 0.920. The summed E-state index contributed by atoms with van der Waals surface area (Å²) in [7, 11) is 1.19. The third-order valence-corrected chi connectivity index (χ3v) is 2.39. The Morgan fingerprint density at radius 3 is 2.61 bits per heavy atom. The van der Waals surface area contributed by atoms with Crippen molar-refractivity contribution in [2.45, 2.75) is 0 Å². The largest absolute Gasteiger partial charge is 0.504 e. The molecule has 1 aromatic rings. The number of aliphatic hydroxyl groups is 1. The van der Waals surface area contributed by atoms with E-state index < -0.39 is 11.9 Å². The van der Waals surface area contributed by atoms with Crippen LogP contribution in [-0.4, -0.2) is 24.2 Å². The van der Waals surface area contributed by atoms with Crippen molar-refractivity contribution < 1.29 is 24.2 Å². The average Bonchev–Trinajstić information content (AvgIpc) is 2.65. The SMILES string of the molecule is COC(=O)/C=C1\OC(=O)C(c2ccccc2)=C1O. The Labute approximate surface area is 103 Å². The molecule has 0 unspecified atom stereocenters. The first kappa shape index (κ1) is 11.9. The fraction of sp³-hybridized carbons (Fsp3) is 0.0769. The van der Waals surface area contributed by atoms with E-state index in [1.54, 1.807) is 30.3 Å². The topological polar surface area (TPSA) is 72.8 Å². The highest BCUT2D eigenvalue weighted by atomic mass is 16.6. The summed E-state index contributed by atoms with van der Waals surface area (Å²) in [4.78, 5) is 22.7. The van der Waals surface area contributed by atoms with Crippen LogP contribution in [0.5, 0.6) is 0 Å². The van der Waals surface area contributed by atoms with Crippen LogP contribution in [-0.2, 0) is 19.1 Å². The van der Waals surface area contributed by atoms with Crippen LogP contribution in [0, 0.1) is 0 Å². The number of aliphatic hydroxyl groups excluding tert-OH is 1. The molecule has 18 heavy (non-hydrogen) atoms. The molecule has 2 rings (SSSR count). The Bertz CT molecular complexity index is 554. The number of methoxy groups -OCH3 is 1. The summed E-state index contributed by atoms with van der Waals surface area (Å²) in [5, 5.41) is 9.87. The number of hydrogen-bond acceptors (Lipinski definition) is 5. The van der Waals surface area contributed by atoms with E-state index in [1.165, 1.54) is 7.11 Å². The van der Waals surface area contributed by atoms with Crippen molar-refractivity contribution in [3.8, 4) is 0 Å². The molecule has 5 nitrogen and oxygen atoms in total. The summed E-state index contributed by atoms with van der Waals surface area (Å²) in [5.74, 6) is -1.98. The number of carbonyl (C=O) groups is 2. The fourth-order valence-electron chi connectivity index (χ4n) is 1.54. The normalized spacial score (nSPS) is 16.9. The number of rotatable bonds is 2. The van der Waals surface area contributed by atoms with Gasteiger partial charge < -0.3 is 14.6 Å². The predicted octanol–water partition coefficient (Wildman–Crippen LogP) is 1.57. The number of carbonyl (C=O) groups excluding carboxylic acids is 2. The molecule has 0 fully saturated rings. The van der Waals surface area contributed by atoms with Crippen LogP contribution in [0.2, 0.25) is 0 Å². The highest BCUT2D eigenvalue weighted by Gasteiger charge is 2.31. The minimum atomic E-state index is -0.710. The van der Waals surface area contributed by atoms with Crippen molar-refractivity contribution in [2.75, 3.05) is 7.11 Å². The van der Waals surface area contributed by atoms with Gasteiger partial charge >= 0.3 is 11.9 Å². The van der Waals surface area contributed by atoms with Crippen molar-refractivity contribution in [3.05, 3.63) is 53.5 Å². The van der Waals surface area contributed by atoms with Crippen LogP contribution in [0.15, 0.2) is 47.9 Å². The van der Waals surface area contributed by atoms with Crippen molar-refractivity contribution in [1.82, 2.24) is 0 Å². The third-order valence-electron chi connectivity index (χ3n) is 2.39. The zero-order chi connectivity index (χ0) is 13.1. The summed E-state index contributed by atoms with van der Waals surface area (Å²) in [5.41, 5.74) is 0.555. The lowest BCUT2D eigenvalue weighted by atomic mass is 10.1. The van der Waals surface area contributed by atoms with E-state index in [0.29, 0.717) is 5.56 Å². The molecule has 0 aromatic heterocycles. The molecule has 1 heterocycles. The third kappa shape index (κ3) is 2.10. The van der Waals surface area contributed by atoms with Crippen LogP contribution >= 0.6 is 0 Å². The smallest absolute Gasteiger partial charge is 0.348 e. The summed E-state index contributed by atoms with van der Waals surface area (Å²) >= 11 is 0. The first-order valence-corrected chi connectivity index (χ1v) is 5.14. The van der Waals surface area contributed by atoms with Crippen molar-refractivity contribution in [3.63, 3.8) is 0 Å². The molecule has 92 valence electrons. The van der Waals surface area contributed by atoms with Gasteiger partial charge in [-0.1, -0.05) is 30.3 Å². The van der Waals surface area contributed by atoms with E-state index in [9.17, 15) is 14.7 Å². The van der Waals surface area contributed by atoms with E-state index in [2.05, 4.69) is 4.74 Å². The first-order valence-electron chi connectivity index (χ1n) is 5.14. The van der Waals surface area contributed by atoms with Crippen molar-refractivity contribution in [1.29, 1.82) is 0 Å². The molecule has 0 aliphatic carbocycles. The van der Waals surface area contributed by atoms with Gasteiger partial charge in [0.1, 0.15) is 5.57 Å². The molecular formula is C13H10O5. The van der Waals surface area contributed by atoms with Crippen LogP contribution in [0.25, 0.3) is 5.57 Å². The maximum absolute atomic E-state index is 11.6. The van der Waals surface area contributed by atoms with E-state index in [4.69, 9.17) is 4.74 Å². The van der Waals surface area contributed by atoms with E-state index in [-0.39, 0.29) is 17.1 Å². The number of ether oxygens (including phenoxy) is 2. The molecule has 5 heteroatoms. The molecule has 1 aliphatic rings. The maximum atomic E-state index is 11.6. The average molecular weight is 246 g/mol. The van der Waals surface area contributed by atoms with E-state index in [0.717, 1.165) is 6.08 Å². The van der Waals surface area contributed by atoms with Gasteiger partial charge in [0.2, 0.25) is 0 Å². The zero-order valence-electron chi connectivity index (χ0n) is 9.54. The molecule has 0 amide bonds. The summed E-state index contributed by atoms with van der Waals surface area (Å²) in [6.45, 7) is 0. The molecule has 0 radical (unpaired) electrons. The van der Waals surface area contributed by atoms with E-state index in [1.807, 2.05) is 0 Å². The molecule has 0 saturated carbocycles. The maximum Gasteiger partial charge on any atom is 0.348 e. The lowest BCUT2D eigenvalue weighted by Crippen LogP contribution is -2.00. The standard InChI is InChI=1S/C13H10O5/c1-17-10(14)7-9-12(15)11(13(16)18-9)8-5-3-2-4-6-8/h2-7,15H,1H3/b9-7-. The lowest BCUT2D eigenvalue weighted by Gasteiger charge is -1.97. The number of cyclic esters (lactones) is 1. The van der Waals surface area contributed by atoms with Crippen LogP contribution in [0.3, 0.4) is 0 Å². The van der Waals surface area contributed by atoms with E-state index >= 15 is 0 Å². The zero-order valence-corrected chi connectivity index (χ0v) is 9.54. The van der Waals surface area contributed by atoms with Gasteiger partial charge in [0.15, 0.2) is 11.5 Å².